The van der Waals surface area contributed by atoms with Crippen LogP contribution < -0.4 is 5.32 Å². The Bertz CT molecular complexity index is 663. The van der Waals surface area contributed by atoms with E-state index in [9.17, 15) is 9.18 Å². The number of nitrogens with one attached hydrogen (secondary N) is 1. The van der Waals surface area contributed by atoms with Gasteiger partial charge < -0.3 is 10.1 Å². The summed E-state index contributed by atoms with van der Waals surface area (Å²) in [7, 11) is 1.94. The number of amides is 1. The molecule has 0 bridgehead atoms. The lowest BCUT2D eigenvalue weighted by molar-refractivity contribution is -0.118. The average Bonchev–Trinajstić information content (AvgIpc) is 3.08. The number of anilines is 1. The second-order valence-corrected chi connectivity index (χ2v) is 6.78. The highest BCUT2D eigenvalue weighted by Crippen LogP contribution is 2.30. The minimum atomic E-state index is -0.248. The average molecular weight is 349 g/mol. The molecule has 128 valence electrons. The van der Waals surface area contributed by atoms with Gasteiger partial charge in [0.1, 0.15) is 5.82 Å². The molecule has 1 fully saturated rings. The molecule has 1 aliphatic heterocycles. The number of benzene rings is 1. The first kappa shape index (κ1) is 17.0. The van der Waals surface area contributed by atoms with Gasteiger partial charge in [-0.1, -0.05) is 12.1 Å². The maximum atomic E-state index is 13.1. The molecular weight excluding hydrogens is 329 g/mol. The van der Waals surface area contributed by atoms with Crippen molar-refractivity contribution in [3.05, 3.63) is 47.2 Å². The summed E-state index contributed by atoms with van der Waals surface area (Å²) in [6, 6.07) is 6.67. The summed E-state index contributed by atoms with van der Waals surface area (Å²) in [5.74, 6) is -0.320. The summed E-state index contributed by atoms with van der Waals surface area (Å²) in [6.07, 6.45) is 3.26. The second kappa shape index (κ2) is 7.83. The molecule has 1 aromatic carbocycles. The van der Waals surface area contributed by atoms with E-state index in [4.69, 9.17) is 4.74 Å². The summed E-state index contributed by atoms with van der Waals surface area (Å²) in [5, 5.41) is 5.23. The first-order chi connectivity index (χ1) is 11.6. The summed E-state index contributed by atoms with van der Waals surface area (Å²) < 4.78 is 18.9. The highest BCUT2D eigenvalue weighted by molar-refractivity contribution is 7.13. The first-order valence-corrected chi connectivity index (χ1v) is 8.76. The topological polar surface area (TPSA) is 54.5 Å². The fourth-order valence-electron chi connectivity index (χ4n) is 2.89. The van der Waals surface area contributed by atoms with Crippen LogP contribution in [0.5, 0.6) is 0 Å². The van der Waals surface area contributed by atoms with E-state index in [2.05, 4.69) is 10.3 Å². The van der Waals surface area contributed by atoms with Crippen molar-refractivity contribution in [2.75, 3.05) is 25.5 Å². The molecule has 1 amide bonds. The molecule has 0 radical (unpaired) electrons. The molecule has 0 unspecified atom stereocenters. The molecule has 24 heavy (non-hydrogen) atoms. The molecule has 0 saturated carbocycles. The van der Waals surface area contributed by atoms with Crippen LogP contribution in [0.1, 0.15) is 24.5 Å². The van der Waals surface area contributed by atoms with Gasteiger partial charge in [0.2, 0.25) is 5.91 Å². The molecule has 7 heteroatoms. The first-order valence-electron chi connectivity index (χ1n) is 7.88. The fraction of sp³-hybridized carbons (Fsp3) is 0.412. The minimum Gasteiger partial charge on any atom is -0.373 e. The Morgan fingerprint density at radius 2 is 2.25 bits per heavy atom. The van der Waals surface area contributed by atoms with Gasteiger partial charge in [0.05, 0.1) is 12.6 Å². The van der Waals surface area contributed by atoms with Crippen molar-refractivity contribution in [2.45, 2.75) is 25.0 Å². The van der Waals surface area contributed by atoms with Crippen molar-refractivity contribution < 1.29 is 13.9 Å². The van der Waals surface area contributed by atoms with Crippen LogP contribution in [0.2, 0.25) is 0 Å². The van der Waals surface area contributed by atoms with Crippen molar-refractivity contribution in [1.82, 2.24) is 9.88 Å². The summed E-state index contributed by atoms with van der Waals surface area (Å²) in [4.78, 5) is 18.2. The predicted molar refractivity (Wildman–Crippen MR) is 91.5 cm³/mol. The van der Waals surface area contributed by atoms with Crippen molar-refractivity contribution >= 4 is 22.4 Å². The van der Waals surface area contributed by atoms with Crippen molar-refractivity contribution in [3.63, 3.8) is 0 Å². The third kappa shape index (κ3) is 4.37. The van der Waals surface area contributed by atoms with Gasteiger partial charge in [0.15, 0.2) is 5.13 Å². The Hall–Kier alpha value is -1.83. The highest BCUT2D eigenvalue weighted by Gasteiger charge is 2.27. The van der Waals surface area contributed by atoms with Gasteiger partial charge in [-0.25, -0.2) is 9.37 Å². The number of halogens is 1. The van der Waals surface area contributed by atoms with Crippen LogP contribution in [-0.4, -0.2) is 42.0 Å². The quantitative estimate of drug-likeness (QED) is 0.901. The van der Waals surface area contributed by atoms with E-state index in [-0.39, 0.29) is 23.9 Å². The molecule has 1 aliphatic rings. The lowest BCUT2D eigenvalue weighted by Gasteiger charge is -2.35. The fourth-order valence-corrected chi connectivity index (χ4v) is 3.43. The van der Waals surface area contributed by atoms with Crippen LogP contribution in [0, 0.1) is 5.82 Å². The zero-order chi connectivity index (χ0) is 16.9. The number of hydrogen-bond acceptors (Lipinski definition) is 5. The number of nitrogens with zero attached hydrogens (tertiary/aromatic N) is 2. The Kier molecular flexibility index (Phi) is 5.55. The number of ether oxygens (including phenoxy) is 1. The lowest BCUT2D eigenvalue weighted by atomic mass is 9.96. The molecule has 1 N–H and O–H groups in total. The van der Waals surface area contributed by atoms with Gasteiger partial charge in [-0.15, -0.1) is 11.3 Å². The molecule has 1 saturated heterocycles. The van der Waals surface area contributed by atoms with Crippen molar-refractivity contribution in [2.24, 2.45) is 0 Å². The van der Waals surface area contributed by atoms with Crippen molar-refractivity contribution in [3.8, 4) is 0 Å². The van der Waals surface area contributed by atoms with Gasteiger partial charge in [0.25, 0.3) is 0 Å². The second-order valence-electron chi connectivity index (χ2n) is 5.89. The van der Waals surface area contributed by atoms with E-state index in [1.807, 2.05) is 17.3 Å². The minimum absolute atomic E-state index is 0.0613. The van der Waals surface area contributed by atoms with E-state index in [1.54, 1.807) is 18.3 Å². The number of likely N-dealkylation sites (N-methyl/N-ethyl adjacent to an activating group) is 1. The lowest BCUT2D eigenvalue weighted by Crippen LogP contribution is -2.41. The number of thiazole rings is 1. The Balaban J connectivity index is 1.55. The van der Waals surface area contributed by atoms with Crippen LogP contribution in [0.3, 0.4) is 0 Å². The zero-order valence-electron chi connectivity index (χ0n) is 13.4. The number of carbonyl (C=O) groups is 1. The normalized spacial score (nSPS) is 21.0. The molecule has 2 atom stereocenters. The van der Waals surface area contributed by atoms with E-state index in [0.717, 1.165) is 18.4 Å². The maximum Gasteiger partial charge on any atom is 0.240 e. The van der Waals surface area contributed by atoms with Gasteiger partial charge in [-0.05, 0) is 37.6 Å². The van der Waals surface area contributed by atoms with Crippen LogP contribution in [-0.2, 0) is 9.53 Å². The summed E-state index contributed by atoms with van der Waals surface area (Å²) >= 11 is 1.40. The van der Waals surface area contributed by atoms with Gasteiger partial charge in [-0.3, -0.25) is 9.69 Å². The third-order valence-electron chi connectivity index (χ3n) is 4.19. The van der Waals surface area contributed by atoms with Crippen molar-refractivity contribution in [1.29, 1.82) is 0 Å². The van der Waals surface area contributed by atoms with E-state index in [0.29, 0.717) is 18.3 Å². The maximum absolute atomic E-state index is 13.1. The SMILES string of the molecule is CN(CC(=O)Nc1nccs1)[C@H]1CCO[C@H](c2ccc(F)cc2)C1. The third-order valence-corrected chi connectivity index (χ3v) is 4.88. The van der Waals surface area contributed by atoms with E-state index >= 15 is 0 Å². The smallest absolute Gasteiger partial charge is 0.240 e. The Morgan fingerprint density at radius 3 is 2.96 bits per heavy atom. The van der Waals surface area contributed by atoms with Crippen LogP contribution >= 0.6 is 11.3 Å². The van der Waals surface area contributed by atoms with E-state index in [1.165, 1.54) is 23.5 Å². The van der Waals surface area contributed by atoms with Gasteiger partial charge in [0, 0.05) is 24.2 Å². The van der Waals surface area contributed by atoms with Gasteiger partial charge >= 0.3 is 0 Å². The highest BCUT2D eigenvalue weighted by atomic mass is 32.1. The van der Waals surface area contributed by atoms with E-state index < -0.39 is 0 Å². The Labute approximate surface area is 144 Å². The van der Waals surface area contributed by atoms with Crippen LogP contribution in [0.25, 0.3) is 0 Å². The van der Waals surface area contributed by atoms with Crippen LogP contribution in [0.15, 0.2) is 35.8 Å². The largest absolute Gasteiger partial charge is 0.373 e. The standard InChI is InChI=1S/C17H20FN3O2S/c1-21(11-16(22)20-17-19-7-9-24-17)14-6-8-23-15(10-14)12-2-4-13(18)5-3-12/h2-5,7,9,14-15H,6,8,10-11H2,1H3,(H,19,20,22)/t14-,15-/m0/s1. The zero-order valence-corrected chi connectivity index (χ0v) is 14.3. The summed E-state index contributed by atoms with van der Waals surface area (Å²) in [5.41, 5.74) is 0.974. The number of carbonyl (C=O) groups excluding carboxylic acids is 1. The molecular formula is C17H20FN3O2S. The Morgan fingerprint density at radius 1 is 1.46 bits per heavy atom. The summed E-state index contributed by atoms with van der Waals surface area (Å²) in [6.45, 7) is 0.936. The number of rotatable bonds is 5. The van der Waals surface area contributed by atoms with Gasteiger partial charge in [-0.2, -0.15) is 0 Å². The number of aromatic nitrogens is 1. The predicted octanol–water partition coefficient (Wildman–Crippen LogP) is 3.07. The molecule has 0 spiro atoms. The monoisotopic (exact) mass is 349 g/mol. The molecule has 2 heterocycles. The molecule has 3 rings (SSSR count). The van der Waals surface area contributed by atoms with Crippen LogP contribution in [0.4, 0.5) is 9.52 Å². The molecule has 0 aliphatic carbocycles. The number of hydrogen-bond donors (Lipinski definition) is 1. The molecule has 1 aromatic heterocycles. The molecule has 5 nitrogen and oxygen atoms in total. The molecule has 2 aromatic rings.